The van der Waals surface area contributed by atoms with Crippen LogP contribution in [0.25, 0.3) is 0 Å². The Hall–Kier alpha value is -3.60. The third kappa shape index (κ3) is 3.92. The van der Waals surface area contributed by atoms with Gasteiger partial charge in [0.15, 0.2) is 0 Å². The second kappa shape index (κ2) is 7.67. The van der Waals surface area contributed by atoms with Crippen LogP contribution >= 0.6 is 0 Å². The molecule has 4 rings (SSSR count). The second-order valence-electron chi connectivity index (χ2n) is 8.37. The standard InChI is InChI=1S/C25H24N2O3/c1-25(2)15-19-13-18(24(29)30)11-12-21(19)27-22(25)17-9-6-10-20(14-17)26-23(28)16-7-4-3-5-8-16/h3-14,22,27H,15H2,1-2H3,(H,26,28)(H,29,30). The minimum absolute atomic E-state index is 0.0225. The van der Waals surface area contributed by atoms with E-state index in [0.29, 0.717) is 11.1 Å². The zero-order chi connectivity index (χ0) is 21.3. The van der Waals surface area contributed by atoms with Crippen molar-refractivity contribution < 1.29 is 14.7 Å². The summed E-state index contributed by atoms with van der Waals surface area (Å²) in [5.41, 5.74) is 4.53. The average Bonchev–Trinajstić information content (AvgIpc) is 2.73. The molecule has 30 heavy (non-hydrogen) atoms. The molecule has 3 aromatic carbocycles. The van der Waals surface area contributed by atoms with Crippen LogP contribution in [0.5, 0.6) is 0 Å². The summed E-state index contributed by atoms with van der Waals surface area (Å²) in [5.74, 6) is -1.06. The second-order valence-corrected chi connectivity index (χ2v) is 8.37. The van der Waals surface area contributed by atoms with Crippen molar-refractivity contribution in [3.63, 3.8) is 0 Å². The highest BCUT2D eigenvalue weighted by molar-refractivity contribution is 6.04. The van der Waals surface area contributed by atoms with E-state index in [2.05, 4.69) is 24.5 Å². The van der Waals surface area contributed by atoms with Gasteiger partial charge >= 0.3 is 5.97 Å². The van der Waals surface area contributed by atoms with Gasteiger partial charge in [-0.1, -0.05) is 44.2 Å². The minimum atomic E-state index is -0.917. The summed E-state index contributed by atoms with van der Waals surface area (Å²) in [6.07, 6.45) is 0.752. The van der Waals surface area contributed by atoms with Gasteiger partial charge in [-0.05, 0) is 65.4 Å². The first-order chi connectivity index (χ1) is 14.3. The maximum absolute atomic E-state index is 12.5. The molecule has 152 valence electrons. The Bertz CT molecular complexity index is 1110. The molecule has 1 amide bonds. The third-order valence-electron chi connectivity index (χ3n) is 5.59. The SMILES string of the molecule is CC1(C)Cc2cc(C(=O)O)ccc2NC1c1cccc(NC(=O)c2ccccc2)c1. The van der Waals surface area contributed by atoms with Crippen molar-refractivity contribution in [1.82, 2.24) is 0 Å². The zero-order valence-corrected chi connectivity index (χ0v) is 17.0. The molecule has 0 radical (unpaired) electrons. The van der Waals surface area contributed by atoms with Crippen LogP contribution in [-0.4, -0.2) is 17.0 Å². The van der Waals surface area contributed by atoms with E-state index in [1.54, 1.807) is 24.3 Å². The van der Waals surface area contributed by atoms with E-state index in [1.807, 2.05) is 48.5 Å². The molecule has 0 bridgehead atoms. The van der Waals surface area contributed by atoms with Gasteiger partial charge in [0.1, 0.15) is 0 Å². The van der Waals surface area contributed by atoms with Gasteiger partial charge < -0.3 is 15.7 Å². The van der Waals surface area contributed by atoms with Crippen LogP contribution in [-0.2, 0) is 6.42 Å². The Morgan fingerprint density at radius 2 is 1.73 bits per heavy atom. The van der Waals surface area contributed by atoms with Crippen molar-refractivity contribution in [3.8, 4) is 0 Å². The fraction of sp³-hybridized carbons (Fsp3) is 0.200. The Morgan fingerprint density at radius 3 is 2.47 bits per heavy atom. The number of carbonyl (C=O) groups excluding carboxylic acids is 1. The highest BCUT2D eigenvalue weighted by Gasteiger charge is 2.36. The van der Waals surface area contributed by atoms with E-state index >= 15 is 0 Å². The quantitative estimate of drug-likeness (QED) is 0.550. The molecule has 0 saturated carbocycles. The van der Waals surface area contributed by atoms with E-state index in [-0.39, 0.29) is 17.4 Å². The van der Waals surface area contributed by atoms with Crippen molar-refractivity contribution in [3.05, 3.63) is 95.1 Å². The van der Waals surface area contributed by atoms with Gasteiger partial charge in [-0.3, -0.25) is 4.79 Å². The molecule has 0 fully saturated rings. The number of hydrogen-bond acceptors (Lipinski definition) is 3. The fourth-order valence-corrected chi connectivity index (χ4v) is 4.08. The first-order valence-electron chi connectivity index (χ1n) is 9.93. The summed E-state index contributed by atoms with van der Waals surface area (Å²) in [4.78, 5) is 23.8. The summed E-state index contributed by atoms with van der Waals surface area (Å²) in [7, 11) is 0. The number of hydrogen-bond donors (Lipinski definition) is 3. The van der Waals surface area contributed by atoms with Gasteiger partial charge in [0.05, 0.1) is 11.6 Å². The summed E-state index contributed by atoms with van der Waals surface area (Å²) < 4.78 is 0. The maximum atomic E-state index is 12.5. The fourth-order valence-electron chi connectivity index (χ4n) is 4.08. The predicted octanol–water partition coefficient (Wildman–Crippen LogP) is 5.37. The third-order valence-corrected chi connectivity index (χ3v) is 5.59. The number of fused-ring (bicyclic) bond motifs is 1. The zero-order valence-electron chi connectivity index (χ0n) is 17.0. The molecule has 3 N–H and O–H groups in total. The molecule has 0 spiro atoms. The van der Waals surface area contributed by atoms with Gasteiger partial charge in [0.2, 0.25) is 0 Å². The first-order valence-corrected chi connectivity index (χ1v) is 9.93. The summed E-state index contributed by atoms with van der Waals surface area (Å²) in [6, 6.07) is 22.2. The van der Waals surface area contributed by atoms with Crippen LogP contribution in [0.4, 0.5) is 11.4 Å². The number of amides is 1. The summed E-state index contributed by atoms with van der Waals surface area (Å²) in [5, 5.41) is 15.8. The van der Waals surface area contributed by atoms with Crippen LogP contribution in [0.3, 0.4) is 0 Å². The highest BCUT2D eigenvalue weighted by Crippen LogP contribution is 2.45. The Labute approximate surface area is 175 Å². The van der Waals surface area contributed by atoms with Crippen LogP contribution in [0.1, 0.15) is 51.7 Å². The maximum Gasteiger partial charge on any atom is 0.335 e. The molecule has 1 unspecified atom stereocenters. The molecule has 5 nitrogen and oxygen atoms in total. The number of benzene rings is 3. The topological polar surface area (TPSA) is 78.4 Å². The molecule has 1 aliphatic heterocycles. The van der Waals surface area contributed by atoms with Crippen LogP contribution in [0, 0.1) is 5.41 Å². The molecular weight excluding hydrogens is 376 g/mol. The van der Waals surface area contributed by atoms with Crippen LogP contribution < -0.4 is 10.6 Å². The van der Waals surface area contributed by atoms with Gasteiger partial charge in [-0.15, -0.1) is 0 Å². The van der Waals surface area contributed by atoms with E-state index in [9.17, 15) is 14.7 Å². The van der Waals surface area contributed by atoms with Gasteiger partial charge in [-0.2, -0.15) is 0 Å². The number of carboxylic acid groups (broad SMARTS) is 1. The molecule has 0 aliphatic carbocycles. The molecule has 0 saturated heterocycles. The van der Waals surface area contributed by atoms with Gasteiger partial charge in [0, 0.05) is 16.9 Å². The molecule has 1 aliphatic rings. The monoisotopic (exact) mass is 400 g/mol. The average molecular weight is 400 g/mol. The first kappa shape index (κ1) is 19.7. The van der Waals surface area contributed by atoms with E-state index in [0.717, 1.165) is 28.9 Å². The molecule has 1 heterocycles. The lowest BCUT2D eigenvalue weighted by molar-refractivity contribution is 0.0696. The number of anilines is 2. The predicted molar refractivity (Wildman–Crippen MR) is 118 cm³/mol. The minimum Gasteiger partial charge on any atom is -0.478 e. The van der Waals surface area contributed by atoms with E-state index < -0.39 is 5.97 Å². The largest absolute Gasteiger partial charge is 0.478 e. The van der Waals surface area contributed by atoms with Crippen molar-refractivity contribution >= 4 is 23.3 Å². The lowest BCUT2D eigenvalue weighted by Crippen LogP contribution is -2.35. The number of carbonyl (C=O) groups is 2. The molecule has 1 atom stereocenters. The lowest BCUT2D eigenvalue weighted by Gasteiger charge is -2.41. The number of aromatic carboxylic acids is 1. The molecular formula is C25H24N2O3. The van der Waals surface area contributed by atoms with Gasteiger partial charge in [-0.25, -0.2) is 4.79 Å². The van der Waals surface area contributed by atoms with Crippen molar-refractivity contribution in [1.29, 1.82) is 0 Å². The Balaban J connectivity index is 1.60. The van der Waals surface area contributed by atoms with Crippen LogP contribution in [0.2, 0.25) is 0 Å². The Kier molecular flexibility index (Phi) is 5.04. The number of rotatable bonds is 4. The van der Waals surface area contributed by atoms with Crippen molar-refractivity contribution in [2.75, 3.05) is 10.6 Å². The summed E-state index contributed by atoms with van der Waals surface area (Å²) >= 11 is 0. The number of carboxylic acids is 1. The van der Waals surface area contributed by atoms with E-state index in [1.165, 1.54) is 0 Å². The van der Waals surface area contributed by atoms with E-state index in [4.69, 9.17) is 0 Å². The summed E-state index contributed by atoms with van der Waals surface area (Å²) in [6.45, 7) is 4.33. The van der Waals surface area contributed by atoms with Crippen LogP contribution in [0.15, 0.2) is 72.8 Å². The Morgan fingerprint density at radius 1 is 0.967 bits per heavy atom. The highest BCUT2D eigenvalue weighted by atomic mass is 16.4. The van der Waals surface area contributed by atoms with Crippen molar-refractivity contribution in [2.24, 2.45) is 5.41 Å². The molecule has 3 aromatic rings. The molecule has 5 heteroatoms. The smallest absolute Gasteiger partial charge is 0.335 e. The molecule has 0 aromatic heterocycles. The normalized spacial score (nSPS) is 16.8. The van der Waals surface area contributed by atoms with Gasteiger partial charge in [0.25, 0.3) is 5.91 Å². The van der Waals surface area contributed by atoms with Crippen molar-refractivity contribution in [2.45, 2.75) is 26.3 Å². The number of nitrogens with one attached hydrogen (secondary N) is 2. The lowest BCUT2D eigenvalue weighted by atomic mass is 9.72.